The van der Waals surface area contributed by atoms with E-state index >= 15 is 0 Å². The number of hydrogen-bond acceptors (Lipinski definition) is 4. The van der Waals surface area contributed by atoms with Gasteiger partial charge in [-0.25, -0.2) is 8.42 Å². The zero-order chi connectivity index (χ0) is 17.4. The van der Waals surface area contributed by atoms with Crippen molar-refractivity contribution >= 4 is 15.5 Å². The lowest BCUT2D eigenvalue weighted by Gasteiger charge is -2.11. The molecule has 0 aromatic heterocycles. The van der Waals surface area contributed by atoms with Crippen molar-refractivity contribution in [2.45, 2.75) is 44.1 Å². The fourth-order valence-corrected chi connectivity index (χ4v) is 3.79. The van der Waals surface area contributed by atoms with E-state index in [2.05, 4.69) is 6.92 Å². The highest BCUT2D eigenvalue weighted by molar-refractivity contribution is 7.91. The van der Waals surface area contributed by atoms with Gasteiger partial charge >= 0.3 is 0 Å². The molecule has 0 atom stereocenters. The molecule has 0 radical (unpaired) electrons. The second-order valence-corrected chi connectivity index (χ2v) is 7.96. The first-order valence-electron chi connectivity index (χ1n) is 8.32. The van der Waals surface area contributed by atoms with Crippen LogP contribution in [0.25, 0.3) is 0 Å². The molecule has 5 heteroatoms. The highest BCUT2D eigenvalue weighted by Crippen LogP contribution is 2.27. The van der Waals surface area contributed by atoms with Crippen LogP contribution in [0.4, 0.5) is 5.69 Å². The van der Waals surface area contributed by atoms with Gasteiger partial charge in [-0.15, -0.1) is 0 Å². The standard InChI is InChI=1S/C19H25NO3S/c1-2-3-4-8-13-24(21,22)17-11-12-18(20)19(14-17)23-15-16-9-6-5-7-10-16/h5-7,9-12,14H,2-4,8,13,15,20H2,1H3. The van der Waals surface area contributed by atoms with Crippen molar-refractivity contribution in [2.75, 3.05) is 11.5 Å². The van der Waals surface area contributed by atoms with Gasteiger partial charge in [0.05, 0.1) is 16.3 Å². The monoisotopic (exact) mass is 347 g/mol. The number of nitrogen functional groups attached to an aromatic ring is 1. The molecule has 2 aromatic carbocycles. The van der Waals surface area contributed by atoms with Crippen molar-refractivity contribution in [3.63, 3.8) is 0 Å². The lowest BCUT2D eigenvalue weighted by Crippen LogP contribution is -2.08. The zero-order valence-corrected chi connectivity index (χ0v) is 14.9. The van der Waals surface area contributed by atoms with Gasteiger partial charge in [-0.3, -0.25) is 0 Å². The van der Waals surface area contributed by atoms with Crippen molar-refractivity contribution < 1.29 is 13.2 Å². The minimum Gasteiger partial charge on any atom is -0.487 e. The van der Waals surface area contributed by atoms with E-state index in [4.69, 9.17) is 10.5 Å². The summed E-state index contributed by atoms with van der Waals surface area (Å²) in [6.45, 7) is 2.45. The first-order valence-corrected chi connectivity index (χ1v) is 9.97. The second-order valence-electron chi connectivity index (χ2n) is 5.85. The lowest BCUT2D eigenvalue weighted by atomic mass is 10.2. The van der Waals surface area contributed by atoms with Crippen LogP contribution in [0, 0.1) is 0 Å². The van der Waals surface area contributed by atoms with E-state index in [1.807, 2.05) is 30.3 Å². The van der Waals surface area contributed by atoms with Crippen molar-refractivity contribution in [3.8, 4) is 5.75 Å². The minimum atomic E-state index is -3.30. The predicted octanol–water partition coefficient (Wildman–Crippen LogP) is 4.20. The summed E-state index contributed by atoms with van der Waals surface area (Å²) in [6, 6.07) is 14.4. The van der Waals surface area contributed by atoms with Gasteiger partial charge in [0.15, 0.2) is 9.84 Å². The highest BCUT2D eigenvalue weighted by Gasteiger charge is 2.16. The summed E-state index contributed by atoms with van der Waals surface area (Å²) in [5.41, 5.74) is 7.36. The molecular formula is C19H25NO3S. The van der Waals surface area contributed by atoms with E-state index in [1.54, 1.807) is 12.1 Å². The molecule has 0 bridgehead atoms. The molecule has 2 N–H and O–H groups in total. The lowest BCUT2D eigenvalue weighted by molar-refractivity contribution is 0.307. The molecule has 0 spiro atoms. The van der Waals surface area contributed by atoms with E-state index in [9.17, 15) is 8.42 Å². The molecular weight excluding hydrogens is 322 g/mol. The van der Waals surface area contributed by atoms with Crippen LogP contribution < -0.4 is 10.5 Å². The third-order valence-electron chi connectivity index (χ3n) is 3.85. The molecule has 4 nitrogen and oxygen atoms in total. The number of unbranched alkanes of at least 4 members (excludes halogenated alkanes) is 3. The SMILES string of the molecule is CCCCCCS(=O)(=O)c1ccc(N)c(OCc2ccccc2)c1. The summed E-state index contributed by atoms with van der Waals surface area (Å²) in [7, 11) is -3.30. The van der Waals surface area contributed by atoms with Crippen LogP contribution in [0.5, 0.6) is 5.75 Å². The predicted molar refractivity (Wildman–Crippen MR) is 97.8 cm³/mol. The maximum Gasteiger partial charge on any atom is 0.178 e. The van der Waals surface area contributed by atoms with E-state index in [1.165, 1.54) is 6.07 Å². The number of hydrogen-bond donors (Lipinski definition) is 1. The van der Waals surface area contributed by atoms with Crippen LogP contribution in [0.1, 0.15) is 38.2 Å². The minimum absolute atomic E-state index is 0.162. The Morgan fingerprint density at radius 2 is 1.75 bits per heavy atom. The maximum absolute atomic E-state index is 12.4. The molecule has 0 heterocycles. The third kappa shape index (κ3) is 5.27. The Morgan fingerprint density at radius 3 is 2.46 bits per heavy atom. The molecule has 0 saturated carbocycles. The molecule has 0 fully saturated rings. The van der Waals surface area contributed by atoms with E-state index in [0.29, 0.717) is 24.5 Å². The summed E-state index contributed by atoms with van der Waals surface area (Å²) < 4.78 is 30.6. The first kappa shape index (κ1) is 18.3. The molecule has 2 aromatic rings. The first-order chi connectivity index (χ1) is 11.5. The van der Waals surface area contributed by atoms with Gasteiger partial charge in [-0.2, -0.15) is 0 Å². The fraction of sp³-hybridized carbons (Fsp3) is 0.368. The molecule has 0 saturated heterocycles. The van der Waals surface area contributed by atoms with Crippen LogP contribution in [0.2, 0.25) is 0 Å². The van der Waals surface area contributed by atoms with Gasteiger partial charge in [0, 0.05) is 6.07 Å². The summed E-state index contributed by atoms with van der Waals surface area (Å²) in [6.07, 6.45) is 3.75. The van der Waals surface area contributed by atoms with Crippen LogP contribution in [0.3, 0.4) is 0 Å². The Hall–Kier alpha value is -2.01. The molecule has 0 aliphatic heterocycles. The molecule has 2 rings (SSSR count). The number of benzene rings is 2. The Morgan fingerprint density at radius 1 is 1.00 bits per heavy atom. The van der Waals surface area contributed by atoms with Crippen molar-refractivity contribution in [1.29, 1.82) is 0 Å². The van der Waals surface area contributed by atoms with Crippen LogP contribution in [0.15, 0.2) is 53.4 Å². The van der Waals surface area contributed by atoms with Crippen molar-refractivity contribution in [3.05, 3.63) is 54.1 Å². The summed E-state index contributed by atoms with van der Waals surface area (Å²) >= 11 is 0. The Kier molecular flexibility index (Phi) is 6.67. The number of ether oxygens (including phenoxy) is 1. The van der Waals surface area contributed by atoms with E-state index in [-0.39, 0.29) is 10.6 Å². The second kappa shape index (κ2) is 8.73. The normalized spacial score (nSPS) is 11.4. The number of sulfone groups is 1. The Bertz CT molecular complexity index is 742. The van der Waals surface area contributed by atoms with Gasteiger partial charge in [0.2, 0.25) is 0 Å². The smallest absolute Gasteiger partial charge is 0.178 e. The molecule has 0 aliphatic carbocycles. The summed E-state index contributed by atoms with van der Waals surface area (Å²) in [5.74, 6) is 0.572. The number of anilines is 1. The van der Waals surface area contributed by atoms with Gasteiger partial charge < -0.3 is 10.5 Å². The number of nitrogens with two attached hydrogens (primary N) is 1. The summed E-state index contributed by atoms with van der Waals surface area (Å²) in [5, 5.41) is 0. The Labute approximate surface area is 144 Å². The van der Waals surface area contributed by atoms with Crippen molar-refractivity contribution in [2.24, 2.45) is 0 Å². The maximum atomic E-state index is 12.4. The van der Waals surface area contributed by atoms with Gasteiger partial charge in [-0.05, 0) is 24.1 Å². The van der Waals surface area contributed by atoms with E-state index < -0.39 is 9.84 Å². The average molecular weight is 347 g/mol. The quantitative estimate of drug-likeness (QED) is 0.545. The van der Waals surface area contributed by atoms with E-state index in [0.717, 1.165) is 24.8 Å². The average Bonchev–Trinajstić information content (AvgIpc) is 2.59. The molecule has 0 unspecified atom stereocenters. The molecule has 0 aliphatic rings. The summed E-state index contributed by atoms with van der Waals surface area (Å²) in [4.78, 5) is 0.274. The fourth-order valence-electron chi connectivity index (χ4n) is 2.41. The third-order valence-corrected chi connectivity index (χ3v) is 5.65. The van der Waals surface area contributed by atoms with Crippen LogP contribution in [-0.4, -0.2) is 14.2 Å². The van der Waals surface area contributed by atoms with Gasteiger partial charge in [0.25, 0.3) is 0 Å². The molecule has 130 valence electrons. The molecule has 24 heavy (non-hydrogen) atoms. The molecule has 0 amide bonds. The zero-order valence-electron chi connectivity index (χ0n) is 14.1. The Balaban J connectivity index is 2.07. The van der Waals surface area contributed by atoms with Crippen LogP contribution >= 0.6 is 0 Å². The largest absolute Gasteiger partial charge is 0.487 e. The number of rotatable bonds is 9. The van der Waals surface area contributed by atoms with Gasteiger partial charge in [-0.1, -0.05) is 56.5 Å². The van der Waals surface area contributed by atoms with Crippen molar-refractivity contribution in [1.82, 2.24) is 0 Å². The highest BCUT2D eigenvalue weighted by atomic mass is 32.2. The van der Waals surface area contributed by atoms with Crippen LogP contribution in [-0.2, 0) is 16.4 Å². The topological polar surface area (TPSA) is 69.4 Å². The van der Waals surface area contributed by atoms with Gasteiger partial charge in [0.1, 0.15) is 12.4 Å².